The van der Waals surface area contributed by atoms with Crippen molar-refractivity contribution in [2.24, 2.45) is 4.99 Å². The minimum absolute atomic E-state index is 0.0103. The lowest BCUT2D eigenvalue weighted by Gasteiger charge is -2.30. The maximum Gasteiger partial charge on any atom is 0.271 e. The van der Waals surface area contributed by atoms with Gasteiger partial charge in [-0.2, -0.15) is 0 Å². The van der Waals surface area contributed by atoms with Gasteiger partial charge in [0.2, 0.25) is 0 Å². The molecule has 3 aromatic rings. The van der Waals surface area contributed by atoms with E-state index in [1.165, 1.54) is 11.3 Å². The van der Waals surface area contributed by atoms with Gasteiger partial charge in [0.1, 0.15) is 17.5 Å². The van der Waals surface area contributed by atoms with Crippen LogP contribution in [0.15, 0.2) is 57.5 Å². The van der Waals surface area contributed by atoms with Gasteiger partial charge in [-0.25, -0.2) is 4.99 Å². The second kappa shape index (κ2) is 13.3. The highest BCUT2D eigenvalue weighted by molar-refractivity contribution is 7.07. The summed E-state index contributed by atoms with van der Waals surface area (Å²) in [4.78, 5) is 35.1. The van der Waals surface area contributed by atoms with E-state index in [2.05, 4.69) is 0 Å². The third-order valence-corrected chi connectivity index (χ3v) is 7.95. The summed E-state index contributed by atoms with van der Waals surface area (Å²) in [6.07, 6.45) is 1.81. The average molecular weight is 594 g/mol. The molecule has 1 aliphatic rings. The number of methoxy groups -OCH3 is 2. The van der Waals surface area contributed by atoms with Crippen LogP contribution in [0.5, 0.6) is 23.0 Å². The summed E-state index contributed by atoms with van der Waals surface area (Å²) in [6, 6.07) is 10.2. The SMILES string of the molecule is CCOc1cc(/C=c2/sc3n(c2=O)[C@H](c2cc(OC)ccc2OC)C(C(=O)N(CC)CC)=C(C)N=3)ccc1OC(C)C. The van der Waals surface area contributed by atoms with Crippen molar-refractivity contribution < 1.29 is 23.7 Å². The van der Waals surface area contributed by atoms with E-state index in [4.69, 9.17) is 23.9 Å². The van der Waals surface area contributed by atoms with Crippen LogP contribution in [0, 0.1) is 0 Å². The first-order chi connectivity index (χ1) is 20.2. The Labute approximate surface area is 250 Å². The molecule has 1 aromatic heterocycles. The van der Waals surface area contributed by atoms with Crippen LogP contribution in [0.25, 0.3) is 6.08 Å². The fraction of sp³-hybridized carbons (Fsp3) is 0.406. The molecule has 9 nitrogen and oxygen atoms in total. The number of carbonyl (C=O) groups excluding carboxylic acids is 1. The zero-order chi connectivity index (χ0) is 30.6. The fourth-order valence-corrected chi connectivity index (χ4v) is 6.06. The van der Waals surface area contributed by atoms with Crippen LogP contribution in [-0.4, -0.2) is 55.4 Å². The van der Waals surface area contributed by atoms with Gasteiger partial charge in [-0.05, 0) is 83.5 Å². The maximum atomic E-state index is 14.2. The van der Waals surface area contributed by atoms with Crippen molar-refractivity contribution in [1.29, 1.82) is 0 Å². The van der Waals surface area contributed by atoms with Gasteiger partial charge in [0, 0.05) is 18.7 Å². The van der Waals surface area contributed by atoms with Gasteiger partial charge in [-0.15, -0.1) is 0 Å². The Hall–Kier alpha value is -4.05. The lowest BCUT2D eigenvalue weighted by molar-refractivity contribution is -0.127. The van der Waals surface area contributed by atoms with Gasteiger partial charge in [0.25, 0.3) is 11.5 Å². The highest BCUT2D eigenvalue weighted by Gasteiger charge is 2.36. The van der Waals surface area contributed by atoms with E-state index in [9.17, 15) is 9.59 Å². The Balaban J connectivity index is 1.96. The molecule has 0 spiro atoms. The Morgan fingerprint density at radius 2 is 1.76 bits per heavy atom. The first kappa shape index (κ1) is 30.9. The molecule has 0 unspecified atom stereocenters. The molecule has 0 N–H and O–H groups in total. The van der Waals surface area contributed by atoms with Gasteiger partial charge in [0.05, 0.1) is 42.7 Å². The largest absolute Gasteiger partial charge is 0.497 e. The van der Waals surface area contributed by atoms with Crippen LogP contribution in [0.4, 0.5) is 0 Å². The number of likely N-dealkylation sites (N-methyl/N-ethyl adjacent to an activating group) is 1. The second-order valence-corrected chi connectivity index (χ2v) is 11.0. The van der Waals surface area contributed by atoms with E-state index < -0.39 is 6.04 Å². The van der Waals surface area contributed by atoms with Gasteiger partial charge in [-0.3, -0.25) is 14.2 Å². The van der Waals surface area contributed by atoms with Crippen LogP contribution < -0.4 is 33.8 Å². The summed E-state index contributed by atoms with van der Waals surface area (Å²) >= 11 is 1.28. The highest BCUT2D eigenvalue weighted by atomic mass is 32.1. The molecular weight excluding hydrogens is 554 g/mol. The summed E-state index contributed by atoms with van der Waals surface area (Å²) in [6.45, 7) is 13.0. The maximum absolute atomic E-state index is 14.2. The lowest BCUT2D eigenvalue weighted by Crippen LogP contribution is -2.43. The van der Waals surface area contributed by atoms with Gasteiger partial charge in [-0.1, -0.05) is 17.4 Å². The number of allylic oxidation sites excluding steroid dienone is 1. The van der Waals surface area contributed by atoms with Gasteiger partial charge in [0.15, 0.2) is 16.3 Å². The zero-order valence-electron chi connectivity index (χ0n) is 25.5. The van der Waals surface area contributed by atoms with Crippen molar-refractivity contribution in [3.8, 4) is 23.0 Å². The number of hydrogen-bond acceptors (Lipinski definition) is 8. The molecule has 4 rings (SSSR count). The molecule has 0 fully saturated rings. The molecule has 0 aliphatic carbocycles. The molecule has 224 valence electrons. The fourth-order valence-electron chi connectivity index (χ4n) is 5.01. The number of benzene rings is 2. The Morgan fingerprint density at radius 3 is 2.38 bits per heavy atom. The number of hydrogen-bond donors (Lipinski definition) is 0. The van der Waals surface area contributed by atoms with E-state index in [1.807, 2.05) is 71.9 Å². The monoisotopic (exact) mass is 593 g/mol. The number of amides is 1. The van der Waals surface area contributed by atoms with Crippen molar-refractivity contribution in [1.82, 2.24) is 9.47 Å². The van der Waals surface area contributed by atoms with Crippen LogP contribution in [0.1, 0.15) is 58.7 Å². The van der Waals surface area contributed by atoms with Gasteiger partial charge >= 0.3 is 0 Å². The predicted octanol–water partition coefficient (Wildman–Crippen LogP) is 4.31. The molecule has 1 aliphatic heterocycles. The molecule has 2 aromatic carbocycles. The van der Waals surface area contributed by atoms with Crippen LogP contribution in [0.3, 0.4) is 0 Å². The minimum Gasteiger partial charge on any atom is -0.497 e. The van der Waals surface area contributed by atoms with Crippen molar-refractivity contribution in [2.45, 2.75) is 53.7 Å². The number of nitrogens with zero attached hydrogens (tertiary/aromatic N) is 3. The number of thiazole rings is 1. The molecule has 0 bridgehead atoms. The standard InChI is InChI=1S/C32H39N3O6S/c1-9-34(10-2)31(37)28-20(6)33-32-35(29(28)23-18-22(38-7)13-15-24(23)39-8)30(36)27(42-32)17-21-12-14-25(41-19(4)5)26(16-21)40-11-3/h12-19,29H,9-11H2,1-8H3/b27-17+/t29-/m1/s1. The summed E-state index contributed by atoms with van der Waals surface area (Å²) in [5.41, 5.74) is 2.15. The molecule has 0 saturated carbocycles. The molecule has 42 heavy (non-hydrogen) atoms. The first-order valence-electron chi connectivity index (χ1n) is 14.1. The smallest absolute Gasteiger partial charge is 0.271 e. The molecule has 1 amide bonds. The predicted molar refractivity (Wildman–Crippen MR) is 165 cm³/mol. The van der Waals surface area contributed by atoms with Gasteiger partial charge < -0.3 is 23.8 Å². The Morgan fingerprint density at radius 1 is 1.05 bits per heavy atom. The third-order valence-electron chi connectivity index (χ3n) is 6.96. The molecule has 0 saturated heterocycles. The summed E-state index contributed by atoms with van der Waals surface area (Å²) in [5.74, 6) is 2.20. The number of fused-ring (bicyclic) bond motifs is 1. The number of carbonyl (C=O) groups is 1. The molecule has 2 heterocycles. The van der Waals surface area contributed by atoms with E-state index in [1.54, 1.807) is 35.8 Å². The molecule has 0 radical (unpaired) electrons. The summed E-state index contributed by atoms with van der Waals surface area (Å²) in [5, 5.41) is 0. The molecule has 1 atom stereocenters. The van der Waals surface area contributed by atoms with Crippen molar-refractivity contribution in [3.05, 3.63) is 78.5 Å². The number of rotatable bonds is 11. The third kappa shape index (κ3) is 6.09. The quantitative estimate of drug-likeness (QED) is 0.329. The number of aromatic nitrogens is 1. The number of ether oxygens (including phenoxy) is 4. The Bertz CT molecular complexity index is 1670. The normalized spacial score (nSPS) is 14.9. The summed E-state index contributed by atoms with van der Waals surface area (Å²) in [7, 11) is 3.15. The molecule has 10 heteroatoms. The topological polar surface area (TPSA) is 91.6 Å². The van der Waals surface area contributed by atoms with Crippen molar-refractivity contribution in [3.63, 3.8) is 0 Å². The highest BCUT2D eigenvalue weighted by Crippen LogP contribution is 2.38. The minimum atomic E-state index is -0.762. The van der Waals surface area contributed by atoms with E-state index >= 15 is 0 Å². The molecular formula is C32H39N3O6S. The van der Waals surface area contributed by atoms with Crippen LogP contribution in [-0.2, 0) is 4.79 Å². The van der Waals surface area contributed by atoms with E-state index in [-0.39, 0.29) is 17.6 Å². The average Bonchev–Trinajstić information content (AvgIpc) is 3.27. The van der Waals surface area contributed by atoms with E-state index in [0.29, 0.717) is 68.9 Å². The zero-order valence-corrected chi connectivity index (χ0v) is 26.3. The second-order valence-electron chi connectivity index (χ2n) is 9.97. The summed E-state index contributed by atoms with van der Waals surface area (Å²) < 4.78 is 25.0. The van der Waals surface area contributed by atoms with Crippen molar-refractivity contribution in [2.75, 3.05) is 33.9 Å². The lowest BCUT2D eigenvalue weighted by atomic mass is 9.93. The van der Waals surface area contributed by atoms with Crippen molar-refractivity contribution >= 4 is 23.3 Å². The van der Waals surface area contributed by atoms with E-state index in [0.717, 1.165) is 5.56 Å². The van der Waals surface area contributed by atoms with Crippen LogP contribution >= 0.6 is 11.3 Å². The van der Waals surface area contributed by atoms with Crippen LogP contribution in [0.2, 0.25) is 0 Å². The Kier molecular flexibility index (Phi) is 9.78. The first-order valence-corrected chi connectivity index (χ1v) is 15.0.